The van der Waals surface area contributed by atoms with E-state index in [1.807, 2.05) is 24.3 Å². The molecular formula is C47H46N4. The smallest absolute Gasteiger partial charge is 0.0463 e. The fourth-order valence-electron chi connectivity index (χ4n) is 5.79. The molecule has 7 aromatic rings. The second-order valence-electron chi connectivity index (χ2n) is 13.1. The van der Waals surface area contributed by atoms with Gasteiger partial charge in [0, 0.05) is 51.2 Å². The number of hydrogen-bond donors (Lipinski definition) is 2. The van der Waals surface area contributed by atoms with Gasteiger partial charge in [-0.25, -0.2) is 0 Å². The summed E-state index contributed by atoms with van der Waals surface area (Å²) < 4.78 is 0. The Morgan fingerprint density at radius 3 is 0.745 bits per heavy atom. The molecule has 0 spiro atoms. The number of rotatable bonds is 8. The minimum Gasteiger partial charge on any atom is -0.399 e. The van der Waals surface area contributed by atoms with Crippen LogP contribution in [0.2, 0.25) is 0 Å². The second kappa shape index (κ2) is 16.0. The predicted octanol–water partition coefficient (Wildman–Crippen LogP) is 13.2. The first-order valence-corrected chi connectivity index (χ1v) is 17.4. The maximum atomic E-state index is 5.61. The first-order valence-electron chi connectivity index (χ1n) is 17.4. The first kappa shape index (κ1) is 34.6. The van der Waals surface area contributed by atoms with Gasteiger partial charge in [-0.05, 0) is 144 Å². The lowest BCUT2D eigenvalue weighted by atomic mass is 10.1. The maximum absolute atomic E-state index is 5.61. The summed E-state index contributed by atoms with van der Waals surface area (Å²) in [6.45, 7) is 10.6. The van der Waals surface area contributed by atoms with Gasteiger partial charge in [-0.2, -0.15) is 0 Å². The molecule has 7 aromatic carbocycles. The highest BCUT2D eigenvalue weighted by molar-refractivity contribution is 5.81. The molecule has 254 valence electrons. The van der Waals surface area contributed by atoms with Gasteiger partial charge >= 0.3 is 0 Å². The lowest BCUT2D eigenvalue weighted by Crippen LogP contribution is -2.12. The molecule has 0 bridgehead atoms. The van der Waals surface area contributed by atoms with Gasteiger partial charge in [0.2, 0.25) is 0 Å². The Morgan fingerprint density at radius 2 is 0.490 bits per heavy atom. The van der Waals surface area contributed by atoms with Crippen LogP contribution >= 0.6 is 0 Å². The van der Waals surface area contributed by atoms with Crippen molar-refractivity contribution >= 4 is 51.2 Å². The summed E-state index contributed by atoms with van der Waals surface area (Å²) in [4.78, 5) is 4.62. The van der Waals surface area contributed by atoms with E-state index in [0.717, 1.165) is 51.2 Å². The summed E-state index contributed by atoms with van der Waals surface area (Å²) in [7, 11) is 0. The molecule has 7 rings (SSSR count). The number of hydrogen-bond acceptors (Lipinski definition) is 4. The van der Waals surface area contributed by atoms with Crippen molar-refractivity contribution in [2.45, 2.75) is 34.6 Å². The monoisotopic (exact) mass is 666 g/mol. The number of anilines is 9. The van der Waals surface area contributed by atoms with Gasteiger partial charge in [0.05, 0.1) is 0 Å². The SMILES string of the molecule is Cc1ccc(N(c2ccc(C)cc2)c2ccc(N(c3ccc(C)cc3)c3ccc(C)cc3)cc2)cc1.Cc1ccc(Nc2ccc(N)cc2)cc1. The lowest BCUT2D eigenvalue weighted by Gasteiger charge is -2.28. The summed E-state index contributed by atoms with van der Waals surface area (Å²) in [5, 5.41) is 3.30. The molecule has 0 radical (unpaired) electrons. The van der Waals surface area contributed by atoms with Gasteiger partial charge in [-0.3, -0.25) is 0 Å². The van der Waals surface area contributed by atoms with Gasteiger partial charge in [0.25, 0.3) is 0 Å². The molecule has 0 aliphatic heterocycles. The van der Waals surface area contributed by atoms with Gasteiger partial charge in [0.15, 0.2) is 0 Å². The number of benzene rings is 7. The van der Waals surface area contributed by atoms with Crippen molar-refractivity contribution in [3.8, 4) is 0 Å². The molecule has 0 atom stereocenters. The van der Waals surface area contributed by atoms with E-state index >= 15 is 0 Å². The summed E-state index contributed by atoms with van der Waals surface area (Å²) in [5.41, 5.74) is 21.6. The Hall–Kier alpha value is -6.26. The first-order chi connectivity index (χ1) is 24.7. The van der Waals surface area contributed by atoms with E-state index in [0.29, 0.717) is 0 Å². The van der Waals surface area contributed by atoms with Gasteiger partial charge in [0.1, 0.15) is 0 Å². The molecule has 0 heterocycles. The predicted molar refractivity (Wildman–Crippen MR) is 220 cm³/mol. The van der Waals surface area contributed by atoms with Crippen molar-refractivity contribution in [2.75, 3.05) is 20.9 Å². The minimum absolute atomic E-state index is 0.782. The molecule has 0 aliphatic carbocycles. The third-order valence-electron chi connectivity index (χ3n) is 8.79. The van der Waals surface area contributed by atoms with E-state index in [2.05, 4.69) is 195 Å². The molecule has 0 aromatic heterocycles. The third-order valence-corrected chi connectivity index (χ3v) is 8.79. The van der Waals surface area contributed by atoms with Crippen LogP contribution in [0.3, 0.4) is 0 Å². The van der Waals surface area contributed by atoms with Gasteiger partial charge in [-0.1, -0.05) is 88.5 Å². The van der Waals surface area contributed by atoms with E-state index in [1.54, 1.807) is 0 Å². The molecule has 0 saturated heterocycles. The second-order valence-corrected chi connectivity index (χ2v) is 13.1. The summed E-state index contributed by atoms with van der Waals surface area (Å²) in [6.07, 6.45) is 0. The third kappa shape index (κ3) is 9.05. The van der Waals surface area contributed by atoms with Crippen molar-refractivity contribution in [2.24, 2.45) is 0 Å². The minimum atomic E-state index is 0.782. The number of nitrogens with one attached hydrogen (secondary N) is 1. The van der Waals surface area contributed by atoms with E-state index < -0.39 is 0 Å². The van der Waals surface area contributed by atoms with Crippen molar-refractivity contribution in [3.63, 3.8) is 0 Å². The quantitative estimate of drug-likeness (QED) is 0.158. The molecule has 4 nitrogen and oxygen atoms in total. The van der Waals surface area contributed by atoms with Crippen LogP contribution in [0.4, 0.5) is 51.2 Å². The van der Waals surface area contributed by atoms with E-state index in [-0.39, 0.29) is 0 Å². The van der Waals surface area contributed by atoms with Crippen molar-refractivity contribution < 1.29 is 0 Å². The maximum Gasteiger partial charge on any atom is 0.0463 e. The molecule has 51 heavy (non-hydrogen) atoms. The fraction of sp³-hybridized carbons (Fsp3) is 0.106. The van der Waals surface area contributed by atoms with Gasteiger partial charge in [-0.15, -0.1) is 0 Å². The summed E-state index contributed by atoms with van der Waals surface area (Å²) >= 11 is 0. The average molecular weight is 667 g/mol. The number of nitrogen functional groups attached to an aromatic ring is 1. The summed E-state index contributed by atoms with van der Waals surface area (Å²) in [5.74, 6) is 0. The molecule has 0 saturated carbocycles. The average Bonchev–Trinajstić information content (AvgIpc) is 3.14. The molecule has 0 unspecified atom stereocenters. The zero-order chi connectivity index (χ0) is 35.7. The molecule has 3 N–H and O–H groups in total. The Labute approximate surface area is 303 Å². The Kier molecular flexibility index (Phi) is 10.8. The topological polar surface area (TPSA) is 44.5 Å². The largest absolute Gasteiger partial charge is 0.399 e. The van der Waals surface area contributed by atoms with E-state index in [4.69, 9.17) is 5.73 Å². The van der Waals surface area contributed by atoms with Crippen LogP contribution in [-0.4, -0.2) is 0 Å². The molecule has 0 amide bonds. The van der Waals surface area contributed by atoms with E-state index in [1.165, 1.54) is 27.8 Å². The standard InChI is InChI=1S/C34H32N2.C13H14N2/c1-25-5-13-29(14-6-25)35(30-15-7-26(2)8-16-30)33-21-23-34(24-22-33)36(31-17-9-27(3)10-18-31)32-19-11-28(4)12-20-32;1-10-2-6-12(7-3-10)15-13-8-4-11(14)5-9-13/h5-24H,1-4H3;2-9,15H,14H2,1H3. The summed E-state index contributed by atoms with van der Waals surface area (Å²) in [6, 6.07) is 59.7. The highest BCUT2D eigenvalue weighted by Gasteiger charge is 2.16. The van der Waals surface area contributed by atoms with Crippen LogP contribution in [0.1, 0.15) is 27.8 Å². The number of aryl methyl sites for hydroxylation is 5. The van der Waals surface area contributed by atoms with E-state index in [9.17, 15) is 0 Å². The van der Waals surface area contributed by atoms with Crippen LogP contribution < -0.4 is 20.9 Å². The van der Waals surface area contributed by atoms with Crippen LogP contribution in [0.5, 0.6) is 0 Å². The zero-order valence-corrected chi connectivity index (χ0v) is 30.1. The Morgan fingerprint density at radius 1 is 0.294 bits per heavy atom. The molecular weight excluding hydrogens is 621 g/mol. The lowest BCUT2D eigenvalue weighted by molar-refractivity contribution is 1.24. The highest BCUT2D eigenvalue weighted by Crippen LogP contribution is 2.39. The van der Waals surface area contributed by atoms with Crippen molar-refractivity contribution in [1.29, 1.82) is 0 Å². The molecule has 0 aliphatic rings. The Balaban J connectivity index is 0.000000249. The van der Waals surface area contributed by atoms with Crippen molar-refractivity contribution in [3.05, 3.63) is 198 Å². The van der Waals surface area contributed by atoms with Crippen molar-refractivity contribution in [1.82, 2.24) is 0 Å². The van der Waals surface area contributed by atoms with Crippen LogP contribution in [0, 0.1) is 34.6 Å². The Bertz CT molecular complexity index is 1870. The molecule has 0 fully saturated rings. The highest BCUT2D eigenvalue weighted by atomic mass is 15.2. The van der Waals surface area contributed by atoms with Gasteiger partial charge < -0.3 is 20.9 Å². The molecule has 4 heteroatoms. The number of nitrogens with zero attached hydrogens (tertiary/aromatic N) is 2. The van der Waals surface area contributed by atoms with Crippen LogP contribution in [0.25, 0.3) is 0 Å². The van der Waals surface area contributed by atoms with Crippen LogP contribution in [0.15, 0.2) is 170 Å². The zero-order valence-electron chi connectivity index (χ0n) is 30.1. The normalized spacial score (nSPS) is 10.5. The fourth-order valence-corrected chi connectivity index (χ4v) is 5.79. The van der Waals surface area contributed by atoms with Crippen LogP contribution in [-0.2, 0) is 0 Å². The number of nitrogens with two attached hydrogens (primary N) is 1.